The first-order valence-corrected chi connectivity index (χ1v) is 7.10. The van der Waals surface area contributed by atoms with Crippen LogP contribution in [0.2, 0.25) is 0 Å². The van der Waals surface area contributed by atoms with Crippen molar-refractivity contribution >= 4 is 0 Å². The highest BCUT2D eigenvalue weighted by atomic mass is 15.1. The Labute approximate surface area is 106 Å². The summed E-state index contributed by atoms with van der Waals surface area (Å²) in [5.41, 5.74) is 2.99. The Morgan fingerprint density at radius 2 is 1.94 bits per heavy atom. The van der Waals surface area contributed by atoms with Gasteiger partial charge in [-0.3, -0.25) is 4.90 Å². The van der Waals surface area contributed by atoms with E-state index in [0.29, 0.717) is 5.92 Å². The molecule has 0 aromatic heterocycles. The zero-order valence-electron chi connectivity index (χ0n) is 11.3. The summed E-state index contributed by atoms with van der Waals surface area (Å²) in [5.74, 6) is 0.691. The summed E-state index contributed by atoms with van der Waals surface area (Å²) in [5, 5.41) is 0. The molecule has 1 unspecified atom stereocenters. The third-order valence-electron chi connectivity index (χ3n) is 3.99. The molecule has 17 heavy (non-hydrogen) atoms. The molecule has 1 nitrogen and oxygen atoms in total. The standard InChI is InChI=1S/C16H25N/c1-3-14(2)16-9-7-8-15(12-16)13-17-10-5-4-6-11-17/h7-9,12,14H,3-6,10-11,13H2,1-2H3. The van der Waals surface area contributed by atoms with Crippen molar-refractivity contribution in [1.29, 1.82) is 0 Å². The van der Waals surface area contributed by atoms with Crippen LogP contribution in [0, 0.1) is 0 Å². The molecule has 1 heteroatoms. The van der Waals surface area contributed by atoms with Gasteiger partial charge >= 0.3 is 0 Å². The van der Waals surface area contributed by atoms with Gasteiger partial charge in [-0.25, -0.2) is 0 Å². The zero-order chi connectivity index (χ0) is 12.1. The molecule has 0 radical (unpaired) electrons. The molecule has 0 N–H and O–H groups in total. The number of hydrogen-bond acceptors (Lipinski definition) is 1. The molecule has 0 bridgehead atoms. The summed E-state index contributed by atoms with van der Waals surface area (Å²) in [7, 11) is 0. The molecular formula is C16H25N. The fraction of sp³-hybridized carbons (Fsp3) is 0.625. The predicted octanol–water partition coefficient (Wildman–Crippen LogP) is 4.19. The minimum absolute atomic E-state index is 0.691. The first-order valence-electron chi connectivity index (χ1n) is 7.10. The van der Waals surface area contributed by atoms with E-state index >= 15 is 0 Å². The van der Waals surface area contributed by atoms with Gasteiger partial charge in [-0.15, -0.1) is 0 Å². The Hall–Kier alpha value is -0.820. The average Bonchev–Trinajstić information content (AvgIpc) is 2.39. The van der Waals surface area contributed by atoms with Crippen molar-refractivity contribution in [2.24, 2.45) is 0 Å². The number of likely N-dealkylation sites (tertiary alicyclic amines) is 1. The van der Waals surface area contributed by atoms with Gasteiger partial charge in [0, 0.05) is 6.54 Å². The van der Waals surface area contributed by atoms with Crippen LogP contribution in [-0.2, 0) is 6.54 Å². The maximum absolute atomic E-state index is 2.60. The normalized spacial score (nSPS) is 19.2. The van der Waals surface area contributed by atoms with E-state index in [1.165, 1.54) is 49.9 Å². The number of rotatable bonds is 4. The zero-order valence-corrected chi connectivity index (χ0v) is 11.3. The molecule has 1 atom stereocenters. The van der Waals surface area contributed by atoms with Gasteiger partial charge in [-0.05, 0) is 49.4 Å². The van der Waals surface area contributed by atoms with Gasteiger partial charge in [-0.1, -0.05) is 44.5 Å². The highest BCUT2D eigenvalue weighted by molar-refractivity contribution is 5.26. The lowest BCUT2D eigenvalue weighted by molar-refractivity contribution is 0.221. The summed E-state index contributed by atoms with van der Waals surface area (Å²) in [6.45, 7) is 8.30. The van der Waals surface area contributed by atoms with Crippen molar-refractivity contribution in [2.45, 2.75) is 52.0 Å². The second kappa shape index (κ2) is 6.20. The van der Waals surface area contributed by atoms with Gasteiger partial charge in [0.2, 0.25) is 0 Å². The lowest BCUT2D eigenvalue weighted by Crippen LogP contribution is -2.29. The van der Waals surface area contributed by atoms with Crippen molar-refractivity contribution in [1.82, 2.24) is 4.90 Å². The van der Waals surface area contributed by atoms with Crippen molar-refractivity contribution in [3.63, 3.8) is 0 Å². The molecule has 94 valence electrons. The Bertz CT molecular complexity index is 339. The van der Waals surface area contributed by atoms with Gasteiger partial charge in [0.25, 0.3) is 0 Å². The van der Waals surface area contributed by atoms with Gasteiger partial charge in [0.15, 0.2) is 0 Å². The van der Waals surface area contributed by atoms with Crippen molar-refractivity contribution in [3.8, 4) is 0 Å². The van der Waals surface area contributed by atoms with Crippen LogP contribution in [0.4, 0.5) is 0 Å². The molecule has 1 saturated heterocycles. The number of nitrogens with zero attached hydrogens (tertiary/aromatic N) is 1. The summed E-state index contributed by atoms with van der Waals surface area (Å²) >= 11 is 0. The predicted molar refractivity (Wildman–Crippen MR) is 74.3 cm³/mol. The Morgan fingerprint density at radius 1 is 1.18 bits per heavy atom. The molecule has 1 aliphatic heterocycles. The molecule has 1 aliphatic rings. The van der Waals surface area contributed by atoms with Crippen LogP contribution in [0.1, 0.15) is 56.6 Å². The van der Waals surface area contributed by atoms with Crippen LogP contribution in [0.25, 0.3) is 0 Å². The lowest BCUT2D eigenvalue weighted by atomic mass is 9.96. The van der Waals surface area contributed by atoms with Crippen molar-refractivity contribution in [2.75, 3.05) is 13.1 Å². The molecule has 1 aromatic rings. The fourth-order valence-corrected chi connectivity index (χ4v) is 2.61. The van der Waals surface area contributed by atoms with Crippen LogP contribution < -0.4 is 0 Å². The SMILES string of the molecule is CCC(C)c1cccc(CN2CCCCC2)c1. The summed E-state index contributed by atoms with van der Waals surface area (Å²) < 4.78 is 0. The summed E-state index contributed by atoms with van der Waals surface area (Å²) in [6.07, 6.45) is 5.41. The highest BCUT2D eigenvalue weighted by Gasteiger charge is 2.11. The van der Waals surface area contributed by atoms with Crippen LogP contribution in [-0.4, -0.2) is 18.0 Å². The molecule has 0 spiro atoms. The maximum atomic E-state index is 2.60. The third kappa shape index (κ3) is 3.57. The van der Waals surface area contributed by atoms with Crippen LogP contribution >= 0.6 is 0 Å². The van der Waals surface area contributed by atoms with E-state index in [4.69, 9.17) is 0 Å². The highest BCUT2D eigenvalue weighted by Crippen LogP contribution is 2.21. The average molecular weight is 231 g/mol. The quantitative estimate of drug-likeness (QED) is 0.751. The Morgan fingerprint density at radius 3 is 2.65 bits per heavy atom. The summed E-state index contributed by atoms with van der Waals surface area (Å²) in [4.78, 5) is 2.60. The van der Waals surface area contributed by atoms with Gasteiger partial charge in [0.05, 0.1) is 0 Å². The van der Waals surface area contributed by atoms with E-state index in [-0.39, 0.29) is 0 Å². The molecule has 0 aliphatic carbocycles. The molecular weight excluding hydrogens is 206 g/mol. The number of hydrogen-bond donors (Lipinski definition) is 0. The minimum atomic E-state index is 0.691. The van der Waals surface area contributed by atoms with E-state index in [9.17, 15) is 0 Å². The molecule has 0 saturated carbocycles. The lowest BCUT2D eigenvalue weighted by Gasteiger charge is -2.26. The third-order valence-corrected chi connectivity index (χ3v) is 3.99. The Kier molecular flexibility index (Phi) is 4.61. The Balaban J connectivity index is 2.00. The van der Waals surface area contributed by atoms with Crippen LogP contribution in [0.3, 0.4) is 0 Å². The molecule has 1 heterocycles. The smallest absolute Gasteiger partial charge is 0.0233 e. The minimum Gasteiger partial charge on any atom is -0.299 e. The summed E-state index contributed by atoms with van der Waals surface area (Å²) in [6, 6.07) is 9.18. The molecule has 2 rings (SSSR count). The largest absolute Gasteiger partial charge is 0.299 e. The fourth-order valence-electron chi connectivity index (χ4n) is 2.61. The van der Waals surface area contributed by atoms with Crippen molar-refractivity contribution in [3.05, 3.63) is 35.4 Å². The first kappa shape index (κ1) is 12.6. The first-order chi connectivity index (χ1) is 8.29. The van der Waals surface area contributed by atoms with E-state index in [1.54, 1.807) is 0 Å². The molecule has 1 aromatic carbocycles. The van der Waals surface area contributed by atoms with E-state index in [2.05, 4.69) is 43.0 Å². The van der Waals surface area contributed by atoms with Crippen LogP contribution in [0.5, 0.6) is 0 Å². The topological polar surface area (TPSA) is 3.24 Å². The van der Waals surface area contributed by atoms with E-state index in [0.717, 1.165) is 6.54 Å². The second-order valence-electron chi connectivity index (χ2n) is 5.39. The monoisotopic (exact) mass is 231 g/mol. The van der Waals surface area contributed by atoms with E-state index < -0.39 is 0 Å². The van der Waals surface area contributed by atoms with Gasteiger partial charge in [-0.2, -0.15) is 0 Å². The molecule has 0 amide bonds. The molecule has 1 fully saturated rings. The van der Waals surface area contributed by atoms with Crippen LogP contribution in [0.15, 0.2) is 24.3 Å². The second-order valence-corrected chi connectivity index (χ2v) is 5.39. The van der Waals surface area contributed by atoms with Crippen molar-refractivity contribution < 1.29 is 0 Å². The number of benzene rings is 1. The number of piperidine rings is 1. The maximum Gasteiger partial charge on any atom is 0.0233 e. The van der Waals surface area contributed by atoms with Gasteiger partial charge in [0.1, 0.15) is 0 Å². The van der Waals surface area contributed by atoms with Gasteiger partial charge < -0.3 is 0 Å². The van der Waals surface area contributed by atoms with E-state index in [1.807, 2.05) is 0 Å².